The zero-order valence-corrected chi connectivity index (χ0v) is 19.7. The normalized spacial score (nSPS) is 16.5. The molecule has 0 unspecified atom stereocenters. The molecule has 146 valence electrons. The van der Waals surface area contributed by atoms with Crippen molar-refractivity contribution in [2.75, 3.05) is 33.2 Å². The quantitative estimate of drug-likeness (QED) is 0.678. The summed E-state index contributed by atoms with van der Waals surface area (Å²) in [5, 5.41) is 0.368. The molecule has 26 heavy (non-hydrogen) atoms. The second-order valence-corrected chi connectivity index (χ2v) is 18.0. The van der Waals surface area contributed by atoms with Crippen molar-refractivity contribution in [1.82, 2.24) is 9.80 Å². The molecule has 5 nitrogen and oxygen atoms in total. The molecule has 1 saturated heterocycles. The summed E-state index contributed by atoms with van der Waals surface area (Å²) in [4.78, 5) is 17.1. The van der Waals surface area contributed by atoms with Gasteiger partial charge in [0, 0.05) is 26.2 Å². The molecule has 1 amide bonds. The van der Waals surface area contributed by atoms with E-state index in [-0.39, 0.29) is 5.91 Å². The maximum Gasteiger partial charge on any atom is 0.255 e. The largest absolute Gasteiger partial charge is 0.542 e. The Morgan fingerprint density at radius 1 is 0.962 bits per heavy atom. The molecular formula is C18H31ClN2O3Si2. The Labute approximate surface area is 164 Å². The number of rotatable bonds is 5. The van der Waals surface area contributed by atoms with E-state index in [1.807, 2.05) is 11.0 Å². The zero-order chi connectivity index (χ0) is 19.7. The lowest BCUT2D eigenvalue weighted by molar-refractivity contribution is 0.0664. The average Bonchev–Trinajstić information content (AvgIpc) is 2.49. The van der Waals surface area contributed by atoms with Crippen LogP contribution < -0.4 is 8.85 Å². The van der Waals surface area contributed by atoms with E-state index in [9.17, 15) is 4.79 Å². The van der Waals surface area contributed by atoms with Crippen LogP contribution in [0.4, 0.5) is 0 Å². The number of carbonyl (C=O) groups is 1. The smallest absolute Gasteiger partial charge is 0.255 e. The maximum absolute atomic E-state index is 13.0. The van der Waals surface area contributed by atoms with E-state index < -0.39 is 16.6 Å². The van der Waals surface area contributed by atoms with Crippen molar-refractivity contribution in [1.29, 1.82) is 0 Å². The maximum atomic E-state index is 13.0. The molecule has 0 aliphatic carbocycles. The third-order valence-electron chi connectivity index (χ3n) is 3.91. The number of piperazine rings is 1. The highest BCUT2D eigenvalue weighted by Crippen LogP contribution is 2.40. The first-order valence-electron chi connectivity index (χ1n) is 9.06. The number of nitrogens with zero attached hydrogens (tertiary/aromatic N) is 2. The highest BCUT2D eigenvalue weighted by Gasteiger charge is 2.29. The van der Waals surface area contributed by atoms with Crippen LogP contribution in [0.3, 0.4) is 0 Å². The first-order valence-corrected chi connectivity index (χ1v) is 16.3. The number of hydrogen-bond donors (Lipinski definition) is 0. The average molecular weight is 415 g/mol. The van der Waals surface area contributed by atoms with Crippen LogP contribution in [0.15, 0.2) is 12.1 Å². The van der Waals surface area contributed by atoms with Crippen molar-refractivity contribution in [2.24, 2.45) is 0 Å². The predicted molar refractivity (Wildman–Crippen MR) is 113 cm³/mol. The summed E-state index contributed by atoms with van der Waals surface area (Å²) in [6.07, 6.45) is 0. The third kappa shape index (κ3) is 5.74. The Morgan fingerprint density at radius 2 is 1.50 bits per heavy atom. The second-order valence-electron chi connectivity index (χ2n) is 8.78. The third-order valence-corrected chi connectivity index (χ3v) is 5.93. The summed E-state index contributed by atoms with van der Waals surface area (Å²) < 4.78 is 12.4. The van der Waals surface area contributed by atoms with Gasteiger partial charge in [-0.15, -0.1) is 0 Å². The molecule has 1 heterocycles. The Kier molecular flexibility index (Phi) is 6.48. The van der Waals surface area contributed by atoms with Crippen LogP contribution in [0.5, 0.6) is 11.5 Å². The lowest BCUT2D eigenvalue weighted by Gasteiger charge is -2.33. The number of likely N-dealkylation sites (N-methyl/N-ethyl adjacent to an activating group) is 1. The minimum Gasteiger partial charge on any atom is -0.542 e. The van der Waals surface area contributed by atoms with E-state index in [2.05, 4.69) is 51.2 Å². The molecule has 1 aromatic carbocycles. The molecule has 1 aliphatic rings. The molecule has 2 rings (SSSR count). The number of carbonyl (C=O) groups excluding carboxylic acids is 1. The van der Waals surface area contributed by atoms with Gasteiger partial charge < -0.3 is 18.7 Å². The predicted octanol–water partition coefficient (Wildman–Crippen LogP) is 4.16. The highest BCUT2D eigenvalue weighted by molar-refractivity contribution is 6.71. The summed E-state index contributed by atoms with van der Waals surface area (Å²) in [5.74, 6) is 1.13. The van der Waals surface area contributed by atoms with Crippen LogP contribution >= 0.6 is 11.6 Å². The van der Waals surface area contributed by atoms with E-state index in [0.717, 1.165) is 13.1 Å². The zero-order valence-electron chi connectivity index (χ0n) is 17.0. The van der Waals surface area contributed by atoms with Gasteiger partial charge in [0.15, 0.2) is 5.75 Å². The van der Waals surface area contributed by atoms with E-state index in [0.29, 0.717) is 35.2 Å². The molecule has 0 aromatic heterocycles. The molecule has 1 aromatic rings. The monoisotopic (exact) mass is 414 g/mol. The number of benzene rings is 1. The number of amides is 1. The molecular weight excluding hydrogens is 384 g/mol. The summed E-state index contributed by atoms with van der Waals surface area (Å²) in [6.45, 7) is 15.8. The Morgan fingerprint density at radius 3 is 2.00 bits per heavy atom. The SMILES string of the molecule is CN1CCN(C(=O)c2ccc(O[Si](C)(C)C)c(O[Si](C)(C)C)c2Cl)CC1. The fourth-order valence-electron chi connectivity index (χ4n) is 2.69. The molecule has 1 aliphatic heterocycles. The summed E-state index contributed by atoms with van der Waals surface area (Å²) in [6, 6.07) is 3.61. The summed E-state index contributed by atoms with van der Waals surface area (Å²) >= 11 is 6.67. The van der Waals surface area contributed by atoms with Gasteiger partial charge in [0.1, 0.15) is 5.75 Å². The first kappa shape index (κ1) is 21.3. The minimum atomic E-state index is -1.92. The van der Waals surface area contributed by atoms with Crippen molar-refractivity contribution in [3.8, 4) is 11.5 Å². The van der Waals surface area contributed by atoms with Crippen LogP contribution in [0.1, 0.15) is 10.4 Å². The minimum absolute atomic E-state index is 0.0388. The lowest BCUT2D eigenvalue weighted by atomic mass is 10.1. The van der Waals surface area contributed by atoms with Crippen LogP contribution in [-0.4, -0.2) is 65.6 Å². The molecule has 0 N–H and O–H groups in total. The Bertz CT molecular complexity index is 664. The van der Waals surface area contributed by atoms with Crippen molar-refractivity contribution in [3.63, 3.8) is 0 Å². The van der Waals surface area contributed by atoms with Crippen molar-refractivity contribution >= 4 is 34.1 Å². The first-order chi connectivity index (χ1) is 11.9. The molecule has 0 atom stereocenters. The summed E-state index contributed by atoms with van der Waals surface area (Å²) in [5.41, 5.74) is 0.493. The summed E-state index contributed by atoms with van der Waals surface area (Å²) in [7, 11) is -1.69. The van der Waals surface area contributed by atoms with Gasteiger partial charge in [-0.3, -0.25) is 4.79 Å². The number of halogens is 1. The van der Waals surface area contributed by atoms with E-state index in [1.54, 1.807) is 6.07 Å². The van der Waals surface area contributed by atoms with Crippen LogP contribution in [-0.2, 0) is 0 Å². The Hall–Kier alpha value is -1.03. The van der Waals surface area contributed by atoms with Gasteiger partial charge in [-0.1, -0.05) is 11.6 Å². The molecule has 1 fully saturated rings. The van der Waals surface area contributed by atoms with Gasteiger partial charge in [-0.25, -0.2) is 0 Å². The number of hydrogen-bond acceptors (Lipinski definition) is 4. The van der Waals surface area contributed by atoms with Gasteiger partial charge >= 0.3 is 0 Å². The highest BCUT2D eigenvalue weighted by atomic mass is 35.5. The standard InChI is InChI=1S/C18H31ClN2O3Si2/c1-20-10-12-21(13-11-20)18(22)14-8-9-15(23-25(2,3)4)17(16(14)19)24-26(5,6)7/h8-9H,10-13H2,1-7H3. The van der Waals surface area contributed by atoms with E-state index >= 15 is 0 Å². The molecule has 0 radical (unpaired) electrons. The molecule has 8 heteroatoms. The van der Waals surface area contributed by atoms with E-state index in [1.165, 1.54) is 0 Å². The topological polar surface area (TPSA) is 42.0 Å². The van der Waals surface area contributed by atoms with Crippen LogP contribution in [0, 0.1) is 0 Å². The van der Waals surface area contributed by atoms with Crippen molar-refractivity contribution < 1.29 is 13.6 Å². The van der Waals surface area contributed by atoms with Gasteiger partial charge in [0.05, 0.1) is 10.6 Å². The van der Waals surface area contributed by atoms with Crippen molar-refractivity contribution in [2.45, 2.75) is 39.3 Å². The van der Waals surface area contributed by atoms with Crippen molar-refractivity contribution in [3.05, 3.63) is 22.7 Å². The van der Waals surface area contributed by atoms with Crippen LogP contribution in [0.25, 0.3) is 0 Å². The fraction of sp³-hybridized carbons (Fsp3) is 0.611. The van der Waals surface area contributed by atoms with Crippen LogP contribution in [0.2, 0.25) is 44.3 Å². The van der Waals surface area contributed by atoms with Gasteiger partial charge in [-0.2, -0.15) is 0 Å². The fourth-order valence-corrected chi connectivity index (χ4v) is 4.67. The Balaban J connectivity index is 2.39. The van der Waals surface area contributed by atoms with Gasteiger partial charge in [0.2, 0.25) is 16.6 Å². The van der Waals surface area contributed by atoms with E-state index in [4.69, 9.17) is 20.5 Å². The lowest BCUT2D eigenvalue weighted by Crippen LogP contribution is -2.47. The molecule has 0 saturated carbocycles. The second kappa shape index (κ2) is 7.92. The van der Waals surface area contributed by atoms with Gasteiger partial charge in [0.25, 0.3) is 5.91 Å². The van der Waals surface area contributed by atoms with Gasteiger partial charge in [-0.05, 0) is 58.5 Å². The molecule has 0 bridgehead atoms. The molecule has 0 spiro atoms.